The molecule has 2 rings (SSSR count). The summed E-state index contributed by atoms with van der Waals surface area (Å²) in [6, 6.07) is 2.62. The molecule has 0 radical (unpaired) electrons. The normalized spacial score (nSPS) is 18.2. The lowest BCUT2D eigenvalue weighted by atomic mass is 10.1. The molecule has 1 amide bonds. The highest BCUT2D eigenvalue weighted by molar-refractivity contribution is 7.89. The molecule has 0 aromatic carbocycles. The maximum Gasteiger partial charge on any atom is 0.261 e. The Labute approximate surface area is 163 Å². The third kappa shape index (κ3) is 6.47. The number of hydrogen-bond acceptors (Lipinski definition) is 6. The van der Waals surface area contributed by atoms with Crippen LogP contribution < -0.4 is 10.0 Å². The zero-order valence-electron chi connectivity index (χ0n) is 14.9. The van der Waals surface area contributed by atoms with Crippen molar-refractivity contribution >= 4 is 38.9 Å². The topological polar surface area (TPSA) is 98.7 Å². The molecule has 1 aromatic heterocycles. The number of carbonyl (C=O) groups is 1. The van der Waals surface area contributed by atoms with Gasteiger partial charge in [0.05, 0.1) is 27.6 Å². The molecule has 2 heterocycles. The zero-order valence-corrected chi connectivity index (χ0v) is 17.3. The van der Waals surface area contributed by atoms with Gasteiger partial charge in [0.2, 0.25) is 10.0 Å². The number of rotatable bonds is 8. The number of thiophene rings is 1. The largest absolute Gasteiger partial charge is 0.394 e. The Kier molecular flexibility index (Phi) is 7.87. The molecule has 1 aromatic rings. The molecule has 26 heavy (non-hydrogen) atoms. The molecule has 148 valence electrons. The van der Waals surface area contributed by atoms with Gasteiger partial charge in [0, 0.05) is 12.1 Å². The number of aliphatic hydroxyl groups is 1. The molecule has 0 unspecified atom stereocenters. The molecule has 7 nitrogen and oxygen atoms in total. The molecule has 1 fully saturated rings. The standard InChI is InChI=1S/C16H26ClN3O4S2/c1-11(2)20-7-5-12(6-8-20)19-26(23,24)10-13(9-21)18-16(22)14-3-4-15(17)25-14/h3-4,11-13,19,21H,5-10H2,1-2H3,(H,18,22)/t13-/m0/s1. The second kappa shape index (κ2) is 9.48. The van der Waals surface area contributed by atoms with Gasteiger partial charge in [-0.15, -0.1) is 11.3 Å². The summed E-state index contributed by atoms with van der Waals surface area (Å²) in [6.45, 7) is 5.49. The molecule has 10 heteroatoms. The van der Waals surface area contributed by atoms with E-state index in [-0.39, 0.29) is 11.8 Å². The van der Waals surface area contributed by atoms with E-state index in [0.29, 0.717) is 15.3 Å². The highest BCUT2D eigenvalue weighted by atomic mass is 35.5. The van der Waals surface area contributed by atoms with Crippen molar-refractivity contribution in [1.29, 1.82) is 0 Å². The number of likely N-dealkylation sites (tertiary alicyclic amines) is 1. The lowest BCUT2D eigenvalue weighted by Gasteiger charge is -2.34. The van der Waals surface area contributed by atoms with Crippen LogP contribution in [0.5, 0.6) is 0 Å². The summed E-state index contributed by atoms with van der Waals surface area (Å²) < 4.78 is 28.0. The van der Waals surface area contributed by atoms with Crippen LogP contribution in [0.15, 0.2) is 12.1 Å². The number of sulfonamides is 1. The minimum atomic E-state index is -3.62. The van der Waals surface area contributed by atoms with Crippen molar-refractivity contribution in [2.45, 2.75) is 44.8 Å². The molecule has 0 bridgehead atoms. The number of hydrogen-bond donors (Lipinski definition) is 3. The number of nitrogens with one attached hydrogen (secondary N) is 2. The molecular formula is C16H26ClN3O4S2. The van der Waals surface area contributed by atoms with Gasteiger partial charge in [-0.1, -0.05) is 11.6 Å². The smallest absolute Gasteiger partial charge is 0.261 e. The van der Waals surface area contributed by atoms with E-state index in [4.69, 9.17) is 11.6 Å². The molecule has 1 aliphatic rings. The van der Waals surface area contributed by atoms with Crippen molar-refractivity contribution in [3.8, 4) is 0 Å². The van der Waals surface area contributed by atoms with Gasteiger partial charge in [-0.3, -0.25) is 4.79 Å². The highest BCUT2D eigenvalue weighted by Crippen LogP contribution is 2.21. The fourth-order valence-corrected chi connectivity index (χ4v) is 5.44. The van der Waals surface area contributed by atoms with Gasteiger partial charge in [-0.05, 0) is 51.9 Å². The van der Waals surface area contributed by atoms with Crippen LogP contribution in [-0.2, 0) is 10.0 Å². The summed E-state index contributed by atoms with van der Waals surface area (Å²) in [4.78, 5) is 14.8. The van der Waals surface area contributed by atoms with Crippen LogP contribution in [0.1, 0.15) is 36.4 Å². The lowest BCUT2D eigenvalue weighted by Crippen LogP contribution is -2.50. The van der Waals surface area contributed by atoms with Gasteiger partial charge < -0.3 is 15.3 Å². The summed E-state index contributed by atoms with van der Waals surface area (Å²) in [6.07, 6.45) is 1.50. The Morgan fingerprint density at radius 3 is 2.54 bits per heavy atom. The Bertz CT molecular complexity index is 700. The molecule has 1 atom stereocenters. The van der Waals surface area contributed by atoms with Crippen LogP contribution in [0.25, 0.3) is 0 Å². The van der Waals surface area contributed by atoms with Crippen LogP contribution in [0.4, 0.5) is 0 Å². The Morgan fingerprint density at radius 2 is 2.04 bits per heavy atom. The second-order valence-corrected chi connectivity index (χ2v) is 10.3. The van der Waals surface area contributed by atoms with E-state index in [1.54, 1.807) is 12.1 Å². The number of halogens is 1. The van der Waals surface area contributed by atoms with Crippen LogP contribution in [0.3, 0.4) is 0 Å². The van der Waals surface area contributed by atoms with E-state index in [0.717, 1.165) is 37.3 Å². The van der Waals surface area contributed by atoms with Crippen molar-refractivity contribution in [3.05, 3.63) is 21.3 Å². The predicted molar refractivity (Wildman–Crippen MR) is 104 cm³/mol. The minimum absolute atomic E-state index is 0.110. The van der Waals surface area contributed by atoms with Crippen LogP contribution in [0.2, 0.25) is 4.34 Å². The van der Waals surface area contributed by atoms with E-state index >= 15 is 0 Å². The monoisotopic (exact) mass is 423 g/mol. The SMILES string of the molecule is CC(C)N1CCC(NS(=O)(=O)C[C@H](CO)NC(=O)c2ccc(Cl)s2)CC1. The van der Waals surface area contributed by atoms with E-state index in [1.807, 2.05) is 0 Å². The third-order valence-electron chi connectivity index (χ3n) is 4.38. The molecule has 0 spiro atoms. The summed E-state index contributed by atoms with van der Waals surface area (Å²) in [5, 5.41) is 12.0. The fourth-order valence-electron chi connectivity index (χ4n) is 2.93. The number of nitrogens with zero attached hydrogens (tertiary/aromatic N) is 1. The number of aliphatic hydroxyl groups excluding tert-OH is 1. The third-order valence-corrected chi connectivity index (χ3v) is 7.14. The first kappa shape index (κ1) is 21.6. The van der Waals surface area contributed by atoms with Gasteiger partial charge in [0.25, 0.3) is 5.91 Å². The first-order valence-corrected chi connectivity index (χ1v) is 11.5. The molecule has 0 saturated carbocycles. The first-order chi connectivity index (χ1) is 12.2. The number of amides is 1. The molecule has 1 saturated heterocycles. The van der Waals surface area contributed by atoms with Crippen LogP contribution in [0, 0.1) is 0 Å². The fraction of sp³-hybridized carbons (Fsp3) is 0.688. The molecule has 0 aliphatic carbocycles. The van der Waals surface area contributed by atoms with E-state index < -0.39 is 28.6 Å². The molecule has 1 aliphatic heterocycles. The van der Waals surface area contributed by atoms with E-state index in [1.165, 1.54) is 0 Å². The van der Waals surface area contributed by atoms with Crippen molar-refractivity contribution in [1.82, 2.24) is 14.9 Å². The summed E-state index contributed by atoms with van der Waals surface area (Å²) in [7, 11) is -3.62. The maximum absolute atomic E-state index is 12.4. The predicted octanol–water partition coefficient (Wildman–Crippen LogP) is 1.28. The van der Waals surface area contributed by atoms with Crippen molar-refractivity contribution in [2.75, 3.05) is 25.4 Å². The van der Waals surface area contributed by atoms with Gasteiger partial charge in [0.1, 0.15) is 0 Å². The highest BCUT2D eigenvalue weighted by Gasteiger charge is 2.27. The van der Waals surface area contributed by atoms with Crippen LogP contribution in [-0.4, -0.2) is 67.9 Å². The Hall–Kier alpha value is -0.710. The Morgan fingerprint density at radius 1 is 1.38 bits per heavy atom. The average molecular weight is 424 g/mol. The molecular weight excluding hydrogens is 398 g/mol. The van der Waals surface area contributed by atoms with Crippen molar-refractivity contribution in [3.63, 3.8) is 0 Å². The van der Waals surface area contributed by atoms with E-state index in [9.17, 15) is 18.3 Å². The van der Waals surface area contributed by atoms with Gasteiger partial charge in [0.15, 0.2) is 0 Å². The minimum Gasteiger partial charge on any atom is -0.394 e. The second-order valence-electron chi connectivity index (χ2n) is 6.76. The van der Waals surface area contributed by atoms with Crippen LogP contribution >= 0.6 is 22.9 Å². The summed E-state index contributed by atoms with van der Waals surface area (Å²) >= 11 is 6.90. The van der Waals surface area contributed by atoms with Gasteiger partial charge in [-0.25, -0.2) is 13.1 Å². The summed E-state index contributed by atoms with van der Waals surface area (Å²) in [5.74, 6) is -0.806. The average Bonchev–Trinajstić information content (AvgIpc) is 3.00. The van der Waals surface area contributed by atoms with Gasteiger partial charge >= 0.3 is 0 Å². The van der Waals surface area contributed by atoms with Crippen molar-refractivity contribution < 1.29 is 18.3 Å². The Balaban J connectivity index is 1.87. The molecule has 3 N–H and O–H groups in total. The zero-order chi connectivity index (χ0) is 19.3. The number of piperidine rings is 1. The maximum atomic E-state index is 12.4. The van der Waals surface area contributed by atoms with Gasteiger partial charge in [-0.2, -0.15) is 0 Å². The van der Waals surface area contributed by atoms with E-state index in [2.05, 4.69) is 28.8 Å². The lowest BCUT2D eigenvalue weighted by molar-refractivity contribution is 0.0927. The quantitative estimate of drug-likeness (QED) is 0.585. The first-order valence-electron chi connectivity index (χ1n) is 8.61. The van der Waals surface area contributed by atoms with Crippen molar-refractivity contribution in [2.24, 2.45) is 0 Å². The summed E-state index contributed by atoms with van der Waals surface area (Å²) in [5.41, 5.74) is 0. The number of carbonyl (C=O) groups excluding carboxylic acids is 1.